The first-order chi connectivity index (χ1) is 14.7. The fraction of sp³-hybridized carbons (Fsp3) is 0.150. The largest absolute Gasteiger partial charge is 0.503 e. The van der Waals surface area contributed by atoms with E-state index in [0.717, 1.165) is 12.1 Å². The molecular weight excluding hydrogens is 498 g/mol. The zero-order valence-corrected chi connectivity index (χ0v) is 18.4. The molecule has 1 aliphatic rings. The third-order valence-electron chi connectivity index (χ3n) is 4.03. The lowest BCUT2D eigenvalue weighted by atomic mass is 10.2. The van der Waals surface area contributed by atoms with Crippen LogP contribution < -0.4 is 10.1 Å². The topological polar surface area (TPSA) is 95.9 Å². The van der Waals surface area contributed by atoms with Gasteiger partial charge >= 0.3 is 0 Å². The summed E-state index contributed by atoms with van der Waals surface area (Å²) in [5.74, 6) is -3.21. The third kappa shape index (κ3) is 5.23. The van der Waals surface area contributed by atoms with E-state index in [1.807, 2.05) is 0 Å². The van der Waals surface area contributed by atoms with Gasteiger partial charge in [0.2, 0.25) is 5.91 Å². The van der Waals surface area contributed by atoms with Crippen LogP contribution in [0.15, 0.2) is 39.7 Å². The number of phenolic OH excluding ortho intramolecular Hbond substituents is 1. The summed E-state index contributed by atoms with van der Waals surface area (Å²) in [6.07, 6.45) is 1.43. The number of imide groups is 1. The van der Waals surface area contributed by atoms with Gasteiger partial charge in [0, 0.05) is 6.07 Å². The minimum absolute atomic E-state index is 0.0609. The highest BCUT2D eigenvalue weighted by molar-refractivity contribution is 9.10. The lowest BCUT2D eigenvalue weighted by Crippen LogP contribution is -2.36. The summed E-state index contributed by atoms with van der Waals surface area (Å²) in [4.78, 5) is 37.8. The molecule has 3 rings (SSSR count). The van der Waals surface area contributed by atoms with Gasteiger partial charge in [0.1, 0.15) is 18.2 Å². The van der Waals surface area contributed by atoms with Crippen molar-refractivity contribution in [3.05, 3.63) is 56.9 Å². The van der Waals surface area contributed by atoms with Gasteiger partial charge in [0.05, 0.1) is 21.7 Å². The lowest BCUT2D eigenvalue weighted by molar-refractivity contribution is -0.127. The molecule has 2 aromatic rings. The van der Waals surface area contributed by atoms with Crippen LogP contribution in [0.4, 0.5) is 19.3 Å². The van der Waals surface area contributed by atoms with Crippen molar-refractivity contribution in [1.29, 1.82) is 0 Å². The highest BCUT2D eigenvalue weighted by Crippen LogP contribution is 2.38. The normalized spacial score (nSPS) is 15.0. The van der Waals surface area contributed by atoms with Crippen LogP contribution in [0.25, 0.3) is 6.08 Å². The summed E-state index contributed by atoms with van der Waals surface area (Å²) in [7, 11) is 0. The molecule has 1 saturated heterocycles. The molecule has 0 atom stereocenters. The van der Waals surface area contributed by atoms with E-state index < -0.39 is 35.2 Å². The summed E-state index contributed by atoms with van der Waals surface area (Å²) in [5.41, 5.74) is 0.211. The van der Waals surface area contributed by atoms with Gasteiger partial charge < -0.3 is 15.2 Å². The molecule has 0 saturated carbocycles. The fourth-order valence-corrected chi connectivity index (χ4v) is 3.95. The van der Waals surface area contributed by atoms with E-state index in [4.69, 9.17) is 4.74 Å². The number of carbonyl (C=O) groups excluding carboxylic acids is 3. The van der Waals surface area contributed by atoms with Gasteiger partial charge in [-0.25, -0.2) is 8.78 Å². The molecule has 0 aliphatic carbocycles. The molecule has 1 heterocycles. The summed E-state index contributed by atoms with van der Waals surface area (Å²) < 4.78 is 32.3. The summed E-state index contributed by atoms with van der Waals surface area (Å²) >= 11 is 3.83. The summed E-state index contributed by atoms with van der Waals surface area (Å²) in [6.45, 7) is 1.42. The Bertz CT molecular complexity index is 1110. The molecular formula is C20H15BrF2N2O5S. The molecule has 0 bridgehead atoms. The van der Waals surface area contributed by atoms with Crippen molar-refractivity contribution < 1.29 is 33.0 Å². The summed E-state index contributed by atoms with van der Waals surface area (Å²) in [6, 6.07) is 5.64. The predicted molar refractivity (Wildman–Crippen MR) is 115 cm³/mol. The van der Waals surface area contributed by atoms with Crippen LogP contribution in [0.3, 0.4) is 0 Å². The van der Waals surface area contributed by atoms with Gasteiger partial charge in [0.25, 0.3) is 11.1 Å². The van der Waals surface area contributed by atoms with Crippen molar-refractivity contribution in [2.45, 2.75) is 6.92 Å². The van der Waals surface area contributed by atoms with Gasteiger partial charge in [-0.05, 0) is 70.5 Å². The van der Waals surface area contributed by atoms with Gasteiger partial charge in [-0.15, -0.1) is 0 Å². The molecule has 162 valence electrons. The number of phenols is 1. The smallest absolute Gasteiger partial charge is 0.294 e. The number of aromatic hydroxyl groups is 1. The SMILES string of the molecule is CCOc1cc(/C=C2/SC(=O)N(CC(=O)Nc3ccc(F)cc3F)C2=O)cc(Br)c1O. The molecule has 0 radical (unpaired) electrons. The highest BCUT2D eigenvalue weighted by Gasteiger charge is 2.36. The lowest BCUT2D eigenvalue weighted by Gasteiger charge is -2.13. The maximum absolute atomic E-state index is 13.7. The number of hydrogen-bond donors (Lipinski definition) is 2. The predicted octanol–water partition coefficient (Wildman–Crippen LogP) is 4.51. The van der Waals surface area contributed by atoms with Gasteiger partial charge in [0.15, 0.2) is 11.5 Å². The van der Waals surface area contributed by atoms with Crippen molar-refractivity contribution in [3.63, 3.8) is 0 Å². The number of nitrogens with zero attached hydrogens (tertiary/aromatic N) is 1. The van der Waals surface area contributed by atoms with Crippen LogP contribution in [-0.4, -0.2) is 40.2 Å². The standard InChI is InChI=1S/C20H15BrF2N2O5S/c1-2-30-15-6-10(5-12(21)18(15)27)7-16-19(28)25(20(29)31-16)9-17(26)24-14-4-3-11(22)8-13(14)23/h3-8,27H,2,9H2,1H3,(H,24,26)/b16-7+. The van der Waals surface area contributed by atoms with Gasteiger partial charge in [-0.1, -0.05) is 0 Å². The molecule has 3 amide bonds. The Labute approximate surface area is 188 Å². The number of halogens is 3. The molecule has 0 unspecified atom stereocenters. The maximum Gasteiger partial charge on any atom is 0.294 e. The molecule has 2 aromatic carbocycles. The van der Waals surface area contributed by atoms with Gasteiger partial charge in [-0.2, -0.15) is 0 Å². The number of carbonyl (C=O) groups is 3. The number of ether oxygens (including phenoxy) is 1. The van der Waals surface area contributed by atoms with Crippen molar-refractivity contribution in [1.82, 2.24) is 4.90 Å². The van der Waals surface area contributed by atoms with E-state index in [-0.39, 0.29) is 22.1 Å². The first kappa shape index (κ1) is 22.8. The third-order valence-corrected chi connectivity index (χ3v) is 5.54. The molecule has 2 N–H and O–H groups in total. The maximum atomic E-state index is 13.7. The van der Waals surface area contributed by atoms with Crippen molar-refractivity contribution in [3.8, 4) is 11.5 Å². The number of thioether (sulfide) groups is 1. The zero-order chi connectivity index (χ0) is 22.7. The Morgan fingerprint density at radius 1 is 1.29 bits per heavy atom. The first-order valence-electron chi connectivity index (χ1n) is 8.85. The zero-order valence-electron chi connectivity index (χ0n) is 15.9. The Morgan fingerprint density at radius 3 is 2.71 bits per heavy atom. The number of anilines is 1. The molecule has 1 fully saturated rings. The Kier molecular flexibility index (Phi) is 6.96. The van der Waals surface area contributed by atoms with Crippen LogP contribution >= 0.6 is 27.7 Å². The van der Waals surface area contributed by atoms with Crippen LogP contribution in [0.1, 0.15) is 12.5 Å². The fourth-order valence-electron chi connectivity index (χ4n) is 2.65. The Hall–Kier alpha value is -2.92. The van der Waals surface area contributed by atoms with Gasteiger partial charge in [-0.3, -0.25) is 19.3 Å². The van der Waals surface area contributed by atoms with Crippen LogP contribution in [0.5, 0.6) is 11.5 Å². The molecule has 0 spiro atoms. The Morgan fingerprint density at radius 2 is 2.03 bits per heavy atom. The average molecular weight is 513 g/mol. The number of hydrogen-bond acceptors (Lipinski definition) is 6. The molecule has 1 aliphatic heterocycles. The molecule has 31 heavy (non-hydrogen) atoms. The van der Waals surface area contributed by atoms with E-state index in [9.17, 15) is 28.3 Å². The van der Waals surface area contributed by atoms with E-state index in [1.165, 1.54) is 18.2 Å². The van der Waals surface area contributed by atoms with E-state index in [2.05, 4.69) is 21.2 Å². The van der Waals surface area contributed by atoms with Crippen molar-refractivity contribution >= 4 is 56.5 Å². The van der Waals surface area contributed by atoms with Crippen molar-refractivity contribution in [2.24, 2.45) is 0 Å². The van der Waals surface area contributed by atoms with E-state index in [1.54, 1.807) is 6.92 Å². The monoisotopic (exact) mass is 512 g/mol. The molecule has 0 aromatic heterocycles. The number of benzene rings is 2. The Balaban J connectivity index is 1.75. The van der Waals surface area contributed by atoms with Crippen LogP contribution in [-0.2, 0) is 9.59 Å². The quantitative estimate of drug-likeness (QED) is 0.553. The second-order valence-corrected chi connectivity index (χ2v) is 8.07. The minimum Gasteiger partial charge on any atom is -0.503 e. The number of amides is 3. The number of rotatable bonds is 6. The first-order valence-corrected chi connectivity index (χ1v) is 10.5. The van der Waals surface area contributed by atoms with E-state index in [0.29, 0.717) is 39.4 Å². The average Bonchev–Trinajstić information content (AvgIpc) is 2.95. The minimum atomic E-state index is -0.981. The van der Waals surface area contributed by atoms with Crippen LogP contribution in [0, 0.1) is 11.6 Å². The second kappa shape index (κ2) is 9.48. The van der Waals surface area contributed by atoms with Crippen molar-refractivity contribution in [2.75, 3.05) is 18.5 Å². The number of nitrogens with one attached hydrogen (secondary N) is 1. The molecule has 11 heteroatoms. The van der Waals surface area contributed by atoms with Crippen LogP contribution in [0.2, 0.25) is 0 Å². The summed E-state index contributed by atoms with van der Waals surface area (Å²) in [5, 5.41) is 11.5. The second-order valence-electron chi connectivity index (χ2n) is 6.22. The molecule has 7 nitrogen and oxygen atoms in total. The highest BCUT2D eigenvalue weighted by atomic mass is 79.9. The van der Waals surface area contributed by atoms with E-state index >= 15 is 0 Å².